The first-order chi connectivity index (χ1) is 15.6. The summed E-state index contributed by atoms with van der Waals surface area (Å²) < 4.78 is 18.7. The maximum absolute atomic E-state index is 13.3. The van der Waals surface area contributed by atoms with E-state index in [-0.39, 0.29) is 24.2 Å². The van der Waals surface area contributed by atoms with Crippen molar-refractivity contribution in [3.8, 4) is 5.75 Å². The predicted molar refractivity (Wildman–Crippen MR) is 124 cm³/mol. The lowest BCUT2D eigenvalue weighted by molar-refractivity contribution is -0.136. The summed E-state index contributed by atoms with van der Waals surface area (Å²) in [7, 11) is 0. The topological polar surface area (TPSA) is 46.6 Å². The van der Waals surface area contributed by atoms with Gasteiger partial charge in [0.15, 0.2) is 0 Å². The van der Waals surface area contributed by atoms with Crippen LogP contribution in [0.3, 0.4) is 0 Å². The van der Waals surface area contributed by atoms with E-state index in [1.54, 1.807) is 36.4 Å². The van der Waals surface area contributed by atoms with E-state index in [4.69, 9.17) is 4.74 Å². The van der Waals surface area contributed by atoms with Gasteiger partial charge in [0, 0.05) is 11.4 Å². The third-order valence-electron chi connectivity index (χ3n) is 5.08. The number of nitrogens with zero attached hydrogens (tertiary/aromatic N) is 1. The van der Waals surface area contributed by atoms with Crippen LogP contribution in [0.4, 0.5) is 4.39 Å². The molecule has 0 saturated carbocycles. The summed E-state index contributed by atoms with van der Waals surface area (Å²) in [5.41, 5.74) is 1.93. The van der Waals surface area contributed by atoms with Gasteiger partial charge >= 0.3 is 0 Å². The maximum atomic E-state index is 13.3. The van der Waals surface area contributed by atoms with Crippen LogP contribution in [0.25, 0.3) is 5.57 Å². The van der Waals surface area contributed by atoms with Gasteiger partial charge in [-0.15, -0.1) is 0 Å². The fourth-order valence-electron chi connectivity index (χ4n) is 3.49. The molecule has 1 heterocycles. The summed E-state index contributed by atoms with van der Waals surface area (Å²) in [4.78, 5) is 29.2. The van der Waals surface area contributed by atoms with Gasteiger partial charge in [0.2, 0.25) is 0 Å². The van der Waals surface area contributed by atoms with Crippen LogP contribution in [-0.4, -0.2) is 29.9 Å². The maximum Gasteiger partial charge on any atom is 0.268 e. The number of hydrogen-bond acceptors (Lipinski definition) is 4. The van der Waals surface area contributed by atoms with Gasteiger partial charge in [-0.3, -0.25) is 14.5 Å². The van der Waals surface area contributed by atoms with Gasteiger partial charge in [0.05, 0.1) is 17.1 Å². The molecular weight excluding hydrogens is 425 g/mol. The fourth-order valence-corrected chi connectivity index (χ4v) is 4.52. The van der Waals surface area contributed by atoms with Gasteiger partial charge in [0.25, 0.3) is 11.8 Å². The minimum Gasteiger partial charge on any atom is -0.494 e. The highest BCUT2D eigenvalue weighted by Gasteiger charge is 2.39. The third kappa shape index (κ3) is 4.75. The highest BCUT2D eigenvalue weighted by Crippen LogP contribution is 2.40. The lowest BCUT2D eigenvalue weighted by atomic mass is 10.1. The lowest BCUT2D eigenvalue weighted by Crippen LogP contribution is -2.33. The van der Waals surface area contributed by atoms with E-state index in [0.717, 1.165) is 10.5 Å². The molecule has 0 radical (unpaired) electrons. The van der Waals surface area contributed by atoms with Crippen molar-refractivity contribution in [2.75, 3.05) is 13.2 Å². The first kappa shape index (κ1) is 21.8. The molecule has 3 aromatic carbocycles. The number of amides is 2. The van der Waals surface area contributed by atoms with E-state index in [1.807, 2.05) is 37.3 Å². The van der Waals surface area contributed by atoms with E-state index in [9.17, 15) is 14.0 Å². The Morgan fingerprint density at radius 3 is 2.22 bits per heavy atom. The normalized spacial score (nSPS) is 13.8. The van der Waals surface area contributed by atoms with E-state index in [0.29, 0.717) is 34.8 Å². The van der Waals surface area contributed by atoms with Crippen molar-refractivity contribution in [1.29, 1.82) is 0 Å². The van der Waals surface area contributed by atoms with Crippen LogP contribution in [0.15, 0.2) is 88.7 Å². The van der Waals surface area contributed by atoms with Gasteiger partial charge in [-0.2, -0.15) is 0 Å². The molecule has 0 fully saturated rings. The fraction of sp³-hybridized carbons (Fsp3) is 0.154. The second kappa shape index (κ2) is 9.83. The Morgan fingerprint density at radius 1 is 0.875 bits per heavy atom. The molecular formula is C26H22FNO3S. The second-order valence-electron chi connectivity index (χ2n) is 7.22. The van der Waals surface area contributed by atoms with Crippen LogP contribution in [0.5, 0.6) is 5.75 Å². The molecule has 0 saturated heterocycles. The molecule has 3 aromatic rings. The standard InChI is InChI=1S/C26H22FNO3S/c1-2-31-21-14-10-19(11-15-21)23-24(32-22-6-4-3-5-7-22)26(30)28(25(23)29)17-16-18-8-12-20(27)13-9-18/h3-15H,2,16-17H2,1H3. The molecule has 0 spiro atoms. The Labute approximate surface area is 190 Å². The smallest absolute Gasteiger partial charge is 0.268 e. The van der Waals surface area contributed by atoms with Gasteiger partial charge in [-0.1, -0.05) is 54.2 Å². The minimum absolute atomic E-state index is 0.225. The average Bonchev–Trinajstić information content (AvgIpc) is 3.04. The number of rotatable bonds is 8. The molecule has 32 heavy (non-hydrogen) atoms. The third-order valence-corrected chi connectivity index (χ3v) is 6.17. The van der Waals surface area contributed by atoms with E-state index in [1.165, 1.54) is 28.8 Å². The Hall–Kier alpha value is -3.38. The molecule has 162 valence electrons. The Morgan fingerprint density at radius 2 is 1.56 bits per heavy atom. The zero-order valence-electron chi connectivity index (χ0n) is 17.6. The van der Waals surface area contributed by atoms with Crippen LogP contribution in [-0.2, 0) is 16.0 Å². The summed E-state index contributed by atoms with van der Waals surface area (Å²) in [6.07, 6.45) is 0.456. The molecule has 1 aliphatic rings. The number of carbonyl (C=O) groups is 2. The molecule has 6 heteroatoms. The van der Waals surface area contributed by atoms with Gasteiger partial charge in [-0.05, 0) is 60.9 Å². The van der Waals surface area contributed by atoms with E-state index >= 15 is 0 Å². The van der Waals surface area contributed by atoms with Crippen molar-refractivity contribution in [1.82, 2.24) is 4.90 Å². The molecule has 0 unspecified atom stereocenters. The molecule has 1 aliphatic heterocycles. The van der Waals surface area contributed by atoms with Crippen molar-refractivity contribution >= 4 is 29.1 Å². The summed E-state index contributed by atoms with van der Waals surface area (Å²) in [6.45, 7) is 2.68. The van der Waals surface area contributed by atoms with Crippen molar-refractivity contribution in [2.45, 2.75) is 18.2 Å². The Kier molecular flexibility index (Phi) is 6.71. The molecule has 4 nitrogen and oxygen atoms in total. The largest absolute Gasteiger partial charge is 0.494 e. The van der Waals surface area contributed by atoms with Gasteiger partial charge in [-0.25, -0.2) is 4.39 Å². The number of carbonyl (C=O) groups excluding carboxylic acids is 2. The molecule has 2 amide bonds. The van der Waals surface area contributed by atoms with Crippen LogP contribution >= 0.6 is 11.8 Å². The van der Waals surface area contributed by atoms with Gasteiger partial charge < -0.3 is 4.74 Å². The van der Waals surface area contributed by atoms with E-state index < -0.39 is 0 Å². The first-order valence-corrected chi connectivity index (χ1v) is 11.2. The Bertz CT molecular complexity index is 1140. The Balaban J connectivity index is 1.63. The van der Waals surface area contributed by atoms with Crippen molar-refractivity contribution in [2.24, 2.45) is 0 Å². The predicted octanol–water partition coefficient (Wildman–Crippen LogP) is 5.34. The molecule has 0 aromatic heterocycles. The van der Waals surface area contributed by atoms with Gasteiger partial charge in [0.1, 0.15) is 11.6 Å². The molecule has 0 atom stereocenters. The molecule has 0 aliphatic carbocycles. The van der Waals surface area contributed by atoms with E-state index in [2.05, 4.69) is 0 Å². The minimum atomic E-state index is -0.320. The molecule has 0 bridgehead atoms. The SMILES string of the molecule is CCOc1ccc(C2=C(Sc3ccccc3)C(=O)N(CCc3ccc(F)cc3)C2=O)cc1. The highest BCUT2D eigenvalue weighted by molar-refractivity contribution is 8.04. The lowest BCUT2D eigenvalue weighted by Gasteiger charge is -2.15. The molecule has 4 rings (SSSR count). The summed E-state index contributed by atoms with van der Waals surface area (Å²) in [5.74, 6) is -0.239. The van der Waals surface area contributed by atoms with Crippen LogP contribution in [0.2, 0.25) is 0 Å². The van der Waals surface area contributed by atoms with Crippen LogP contribution in [0.1, 0.15) is 18.1 Å². The zero-order chi connectivity index (χ0) is 22.5. The first-order valence-electron chi connectivity index (χ1n) is 10.4. The highest BCUT2D eigenvalue weighted by atomic mass is 32.2. The number of hydrogen-bond donors (Lipinski definition) is 0. The monoisotopic (exact) mass is 447 g/mol. The summed E-state index contributed by atoms with van der Waals surface area (Å²) in [5, 5.41) is 0. The average molecular weight is 448 g/mol. The summed E-state index contributed by atoms with van der Waals surface area (Å²) >= 11 is 1.29. The summed E-state index contributed by atoms with van der Waals surface area (Å²) in [6, 6.07) is 22.8. The van der Waals surface area contributed by atoms with Crippen LogP contribution < -0.4 is 4.74 Å². The van der Waals surface area contributed by atoms with Crippen molar-refractivity contribution in [3.05, 3.63) is 101 Å². The van der Waals surface area contributed by atoms with Crippen molar-refractivity contribution < 1.29 is 18.7 Å². The number of thioether (sulfide) groups is 1. The van der Waals surface area contributed by atoms with Crippen molar-refractivity contribution in [3.63, 3.8) is 0 Å². The number of benzene rings is 3. The number of ether oxygens (including phenoxy) is 1. The zero-order valence-corrected chi connectivity index (χ0v) is 18.4. The number of imide groups is 1. The second-order valence-corrected chi connectivity index (χ2v) is 8.30. The quantitative estimate of drug-likeness (QED) is 0.438. The number of halogens is 1. The van der Waals surface area contributed by atoms with Crippen LogP contribution in [0, 0.1) is 5.82 Å². The molecule has 0 N–H and O–H groups in total.